The Labute approximate surface area is 108 Å². The van der Waals surface area contributed by atoms with E-state index in [1.807, 2.05) is 11.3 Å². The second-order valence-electron chi connectivity index (χ2n) is 5.20. The molecule has 17 heavy (non-hydrogen) atoms. The van der Waals surface area contributed by atoms with Gasteiger partial charge in [-0.3, -0.25) is 0 Å². The predicted molar refractivity (Wildman–Crippen MR) is 73.4 cm³/mol. The molecule has 2 unspecified atom stereocenters. The summed E-state index contributed by atoms with van der Waals surface area (Å²) >= 11 is 1.88. The first-order chi connectivity index (χ1) is 8.20. The van der Waals surface area contributed by atoms with Crippen LogP contribution in [0.4, 0.5) is 0 Å². The summed E-state index contributed by atoms with van der Waals surface area (Å²) in [6.45, 7) is 6.76. The van der Waals surface area contributed by atoms with E-state index in [9.17, 15) is 5.11 Å². The molecule has 2 nitrogen and oxygen atoms in total. The number of hydrogen-bond acceptors (Lipinski definition) is 3. The van der Waals surface area contributed by atoms with Crippen molar-refractivity contribution in [2.24, 2.45) is 11.8 Å². The minimum atomic E-state index is 0.364. The van der Waals surface area contributed by atoms with Crippen LogP contribution in [0.25, 0.3) is 0 Å². The summed E-state index contributed by atoms with van der Waals surface area (Å²) in [7, 11) is 0. The molecule has 2 N–H and O–H groups in total. The van der Waals surface area contributed by atoms with Crippen LogP contribution in [0.3, 0.4) is 0 Å². The van der Waals surface area contributed by atoms with E-state index in [0.29, 0.717) is 18.4 Å². The highest BCUT2D eigenvalue weighted by Gasteiger charge is 2.25. The Morgan fingerprint density at radius 1 is 1.35 bits per heavy atom. The van der Waals surface area contributed by atoms with Crippen LogP contribution < -0.4 is 5.32 Å². The van der Waals surface area contributed by atoms with Crippen molar-refractivity contribution in [3.63, 3.8) is 0 Å². The molecule has 0 spiro atoms. The van der Waals surface area contributed by atoms with Gasteiger partial charge in [-0.2, -0.15) is 0 Å². The van der Waals surface area contributed by atoms with Crippen molar-refractivity contribution < 1.29 is 5.11 Å². The van der Waals surface area contributed by atoms with Crippen molar-refractivity contribution in [1.29, 1.82) is 0 Å². The smallest absolute Gasteiger partial charge is 0.0462 e. The third-order valence-corrected chi connectivity index (χ3v) is 4.92. The van der Waals surface area contributed by atoms with Crippen LogP contribution in [-0.4, -0.2) is 18.3 Å². The molecule has 1 aliphatic carbocycles. The van der Waals surface area contributed by atoms with E-state index in [1.165, 1.54) is 34.6 Å². The number of aryl methyl sites for hydroxylation is 2. The second-order valence-corrected chi connectivity index (χ2v) is 6.66. The van der Waals surface area contributed by atoms with Crippen molar-refractivity contribution in [3.8, 4) is 0 Å². The van der Waals surface area contributed by atoms with Crippen molar-refractivity contribution in [1.82, 2.24) is 5.32 Å². The molecule has 2 rings (SSSR count). The molecule has 0 saturated heterocycles. The fraction of sp³-hybridized carbons (Fsp3) is 0.714. The van der Waals surface area contributed by atoms with E-state index in [2.05, 4.69) is 25.2 Å². The average molecular weight is 253 g/mol. The zero-order valence-corrected chi connectivity index (χ0v) is 11.6. The van der Waals surface area contributed by atoms with Crippen molar-refractivity contribution >= 4 is 11.3 Å². The Bertz CT molecular complexity index is 361. The molecule has 0 amide bonds. The summed E-state index contributed by atoms with van der Waals surface area (Å²) in [6.07, 6.45) is 3.77. The molecular formula is C14H23NOS. The lowest BCUT2D eigenvalue weighted by Gasteiger charge is -2.17. The van der Waals surface area contributed by atoms with Crippen LogP contribution in [-0.2, 0) is 6.54 Å². The van der Waals surface area contributed by atoms with E-state index in [4.69, 9.17) is 0 Å². The molecule has 1 saturated carbocycles. The molecule has 2 atom stereocenters. The molecule has 1 aromatic rings. The highest BCUT2D eigenvalue weighted by atomic mass is 32.1. The Morgan fingerprint density at radius 2 is 2.12 bits per heavy atom. The summed E-state index contributed by atoms with van der Waals surface area (Å²) in [6, 6.07) is 2.28. The van der Waals surface area contributed by atoms with Crippen LogP contribution in [0.1, 0.15) is 34.6 Å². The lowest BCUT2D eigenvalue weighted by atomic mass is 9.97. The summed E-state index contributed by atoms with van der Waals surface area (Å²) in [5.74, 6) is 1.22. The van der Waals surface area contributed by atoms with Crippen LogP contribution in [0.5, 0.6) is 0 Å². The molecule has 0 radical (unpaired) electrons. The SMILES string of the molecule is Cc1cc(CNCC2CCCC2CO)c(C)s1. The summed E-state index contributed by atoms with van der Waals surface area (Å²) in [5.41, 5.74) is 1.44. The maximum atomic E-state index is 9.27. The molecule has 1 aromatic heterocycles. The fourth-order valence-electron chi connectivity index (χ4n) is 2.87. The van der Waals surface area contributed by atoms with Gasteiger partial charge in [0.1, 0.15) is 0 Å². The fourth-order valence-corrected chi connectivity index (χ4v) is 3.82. The first-order valence-corrected chi connectivity index (χ1v) is 7.40. The maximum Gasteiger partial charge on any atom is 0.0462 e. The molecule has 0 aromatic carbocycles. The van der Waals surface area contributed by atoms with E-state index in [0.717, 1.165) is 13.1 Å². The van der Waals surface area contributed by atoms with Gasteiger partial charge in [0, 0.05) is 22.9 Å². The molecule has 0 aliphatic heterocycles. The first-order valence-electron chi connectivity index (χ1n) is 6.58. The van der Waals surface area contributed by atoms with Crippen LogP contribution in [0.15, 0.2) is 6.07 Å². The maximum absolute atomic E-state index is 9.27. The Kier molecular flexibility index (Phi) is 4.60. The molecule has 3 heteroatoms. The van der Waals surface area contributed by atoms with Crippen molar-refractivity contribution in [3.05, 3.63) is 21.4 Å². The number of rotatable bonds is 5. The van der Waals surface area contributed by atoms with Gasteiger partial charge in [-0.05, 0) is 56.7 Å². The number of hydrogen-bond donors (Lipinski definition) is 2. The number of thiophene rings is 1. The largest absolute Gasteiger partial charge is 0.396 e. The zero-order valence-electron chi connectivity index (χ0n) is 10.8. The van der Waals surface area contributed by atoms with E-state index in [1.54, 1.807) is 0 Å². The van der Waals surface area contributed by atoms with Crippen LogP contribution in [0, 0.1) is 25.7 Å². The number of aliphatic hydroxyl groups excluding tert-OH is 1. The monoisotopic (exact) mass is 253 g/mol. The lowest BCUT2D eigenvalue weighted by molar-refractivity contribution is 0.192. The van der Waals surface area contributed by atoms with Gasteiger partial charge in [0.2, 0.25) is 0 Å². The van der Waals surface area contributed by atoms with Gasteiger partial charge in [0.25, 0.3) is 0 Å². The van der Waals surface area contributed by atoms with E-state index in [-0.39, 0.29) is 0 Å². The Hall–Kier alpha value is -0.380. The lowest BCUT2D eigenvalue weighted by Crippen LogP contribution is -2.26. The van der Waals surface area contributed by atoms with Gasteiger partial charge in [0.15, 0.2) is 0 Å². The van der Waals surface area contributed by atoms with Gasteiger partial charge in [-0.15, -0.1) is 11.3 Å². The third-order valence-electron chi connectivity index (χ3n) is 3.92. The van der Waals surface area contributed by atoms with E-state index >= 15 is 0 Å². The van der Waals surface area contributed by atoms with Crippen molar-refractivity contribution in [2.45, 2.75) is 39.7 Å². The Balaban J connectivity index is 1.77. The minimum absolute atomic E-state index is 0.364. The van der Waals surface area contributed by atoms with Crippen molar-refractivity contribution in [2.75, 3.05) is 13.2 Å². The minimum Gasteiger partial charge on any atom is -0.396 e. The number of nitrogens with one attached hydrogen (secondary N) is 1. The second kappa shape index (κ2) is 5.98. The standard InChI is InChI=1S/C14H23NOS/c1-10-6-14(11(2)17-10)8-15-7-12-4-3-5-13(12)9-16/h6,12-13,15-16H,3-5,7-9H2,1-2H3. The highest BCUT2D eigenvalue weighted by molar-refractivity contribution is 7.12. The summed E-state index contributed by atoms with van der Waals surface area (Å²) in [5, 5.41) is 12.8. The molecule has 1 aliphatic rings. The van der Waals surface area contributed by atoms with Gasteiger partial charge in [-0.25, -0.2) is 0 Å². The third kappa shape index (κ3) is 3.30. The highest BCUT2D eigenvalue weighted by Crippen LogP contribution is 2.30. The Morgan fingerprint density at radius 3 is 2.76 bits per heavy atom. The van der Waals surface area contributed by atoms with Gasteiger partial charge in [0.05, 0.1) is 0 Å². The first kappa shape index (κ1) is 13.1. The zero-order chi connectivity index (χ0) is 12.3. The summed E-state index contributed by atoms with van der Waals surface area (Å²) < 4.78 is 0. The van der Waals surface area contributed by atoms with Gasteiger partial charge >= 0.3 is 0 Å². The average Bonchev–Trinajstić information content (AvgIpc) is 2.86. The summed E-state index contributed by atoms with van der Waals surface area (Å²) in [4.78, 5) is 2.83. The molecule has 1 fully saturated rings. The van der Waals surface area contributed by atoms with E-state index < -0.39 is 0 Å². The molecule has 96 valence electrons. The normalized spacial score (nSPS) is 24.4. The quantitative estimate of drug-likeness (QED) is 0.845. The molecule has 1 heterocycles. The van der Waals surface area contributed by atoms with Gasteiger partial charge in [-0.1, -0.05) is 6.42 Å². The predicted octanol–water partition coefficient (Wildman–Crippen LogP) is 2.86. The molecular weight excluding hydrogens is 230 g/mol. The van der Waals surface area contributed by atoms with Crippen LogP contribution >= 0.6 is 11.3 Å². The number of aliphatic hydroxyl groups is 1. The van der Waals surface area contributed by atoms with Gasteiger partial charge < -0.3 is 10.4 Å². The topological polar surface area (TPSA) is 32.3 Å². The molecule has 0 bridgehead atoms. The van der Waals surface area contributed by atoms with Crippen LogP contribution in [0.2, 0.25) is 0 Å².